The summed E-state index contributed by atoms with van der Waals surface area (Å²) >= 11 is 1.54. The molecule has 164 valence electrons. The summed E-state index contributed by atoms with van der Waals surface area (Å²) < 4.78 is 5.79. The zero-order valence-corrected chi connectivity index (χ0v) is 19.4. The maximum absolute atomic E-state index is 11.8. The van der Waals surface area contributed by atoms with E-state index < -0.39 is 6.09 Å². The Morgan fingerprint density at radius 3 is 2.57 bits per heavy atom. The Morgan fingerprint density at radius 2 is 1.97 bits per heavy atom. The lowest BCUT2D eigenvalue weighted by molar-refractivity contribution is 0.0519. The standard InChI is InChI=1S/C22H32N4O3S/c1-21(2,3)16-13-23-17(29-16)10-9-14-12-24-19(30-14)25-15-8-7-11-26(20(27)28)18(15)22(4,5)6/h9-10,12-13,15,18H,7-8,11H2,1-6H3,(H,24,25)(H,27,28). The van der Waals surface area contributed by atoms with Crippen molar-refractivity contribution in [1.82, 2.24) is 14.9 Å². The van der Waals surface area contributed by atoms with Gasteiger partial charge in [-0.3, -0.25) is 0 Å². The Morgan fingerprint density at radius 1 is 1.23 bits per heavy atom. The smallest absolute Gasteiger partial charge is 0.407 e. The SMILES string of the molecule is CC(C)(C)c1cnc(C=Cc2cnc(NC3CCCN(C(=O)O)C3C(C)(C)C)s2)o1. The van der Waals surface area contributed by atoms with Gasteiger partial charge in [-0.05, 0) is 24.3 Å². The molecule has 0 saturated carbocycles. The van der Waals surface area contributed by atoms with E-state index in [2.05, 4.69) is 56.8 Å². The maximum atomic E-state index is 11.8. The molecule has 2 aromatic rings. The topological polar surface area (TPSA) is 91.5 Å². The van der Waals surface area contributed by atoms with Crippen molar-refractivity contribution in [2.75, 3.05) is 11.9 Å². The van der Waals surface area contributed by atoms with E-state index in [0.29, 0.717) is 12.4 Å². The van der Waals surface area contributed by atoms with E-state index in [1.807, 2.05) is 12.2 Å². The highest BCUT2D eigenvalue weighted by Crippen LogP contribution is 2.35. The third-order valence-corrected chi connectivity index (χ3v) is 6.14. The molecule has 1 aliphatic rings. The molecule has 3 heterocycles. The van der Waals surface area contributed by atoms with E-state index >= 15 is 0 Å². The second-order valence-corrected chi connectivity index (χ2v) is 11.0. The van der Waals surface area contributed by atoms with Crippen molar-refractivity contribution in [3.8, 4) is 0 Å². The molecule has 1 fully saturated rings. The Bertz CT molecular complexity index is 904. The number of amides is 1. The second-order valence-electron chi connectivity index (χ2n) is 9.89. The third kappa shape index (κ3) is 5.22. The van der Waals surface area contributed by atoms with Crippen LogP contribution in [0.3, 0.4) is 0 Å². The van der Waals surface area contributed by atoms with Crippen LogP contribution in [0.25, 0.3) is 12.2 Å². The molecule has 1 aliphatic heterocycles. The fraction of sp³-hybridized carbons (Fsp3) is 0.591. The minimum absolute atomic E-state index is 0.0268. The molecule has 2 N–H and O–H groups in total. The Hall–Kier alpha value is -2.35. The van der Waals surface area contributed by atoms with Crippen molar-refractivity contribution in [1.29, 1.82) is 0 Å². The Kier molecular flexibility index (Phi) is 6.26. The number of nitrogens with one attached hydrogen (secondary N) is 1. The number of carbonyl (C=O) groups is 1. The largest absolute Gasteiger partial charge is 0.465 e. The molecule has 1 saturated heterocycles. The number of nitrogens with zero attached hydrogens (tertiary/aromatic N) is 3. The monoisotopic (exact) mass is 432 g/mol. The molecule has 2 unspecified atom stereocenters. The number of hydrogen-bond donors (Lipinski definition) is 2. The molecule has 8 heteroatoms. The highest BCUT2D eigenvalue weighted by atomic mass is 32.1. The molecule has 0 radical (unpaired) electrons. The summed E-state index contributed by atoms with van der Waals surface area (Å²) in [5, 5.41) is 13.9. The lowest BCUT2D eigenvalue weighted by Gasteiger charge is -2.46. The number of rotatable bonds is 4. The quantitative estimate of drug-likeness (QED) is 0.656. The molecule has 0 spiro atoms. The van der Waals surface area contributed by atoms with Crippen molar-refractivity contribution < 1.29 is 14.3 Å². The number of thiazole rings is 1. The first-order chi connectivity index (χ1) is 13.9. The number of oxazole rings is 1. The van der Waals surface area contributed by atoms with Crippen LogP contribution in [-0.4, -0.2) is 44.7 Å². The van der Waals surface area contributed by atoms with Gasteiger partial charge in [-0.1, -0.05) is 52.9 Å². The van der Waals surface area contributed by atoms with Gasteiger partial charge in [0, 0.05) is 35.2 Å². The Balaban J connectivity index is 1.71. The molecule has 30 heavy (non-hydrogen) atoms. The van der Waals surface area contributed by atoms with Gasteiger partial charge in [0.15, 0.2) is 5.13 Å². The van der Waals surface area contributed by atoms with Crippen LogP contribution in [0.4, 0.5) is 9.93 Å². The first-order valence-corrected chi connectivity index (χ1v) is 11.1. The number of hydrogen-bond acceptors (Lipinski definition) is 6. The molecule has 2 aromatic heterocycles. The molecule has 0 aromatic carbocycles. The minimum Gasteiger partial charge on any atom is -0.465 e. The van der Waals surface area contributed by atoms with E-state index in [9.17, 15) is 9.90 Å². The van der Waals surface area contributed by atoms with Gasteiger partial charge in [-0.15, -0.1) is 0 Å². The van der Waals surface area contributed by atoms with Crippen LogP contribution >= 0.6 is 11.3 Å². The van der Waals surface area contributed by atoms with E-state index in [-0.39, 0.29) is 22.9 Å². The van der Waals surface area contributed by atoms with Gasteiger partial charge < -0.3 is 19.7 Å². The average molecular weight is 433 g/mol. The average Bonchev–Trinajstić information content (AvgIpc) is 3.27. The van der Waals surface area contributed by atoms with Crippen LogP contribution in [0.2, 0.25) is 0 Å². The predicted molar refractivity (Wildman–Crippen MR) is 121 cm³/mol. The van der Waals surface area contributed by atoms with Crippen molar-refractivity contribution in [3.63, 3.8) is 0 Å². The molecular formula is C22H32N4O3S. The van der Waals surface area contributed by atoms with E-state index in [4.69, 9.17) is 4.42 Å². The summed E-state index contributed by atoms with van der Waals surface area (Å²) in [7, 11) is 0. The van der Waals surface area contributed by atoms with Gasteiger partial charge in [-0.25, -0.2) is 14.8 Å². The van der Waals surface area contributed by atoms with Gasteiger partial charge in [0.05, 0.1) is 12.2 Å². The summed E-state index contributed by atoms with van der Waals surface area (Å²) in [4.78, 5) is 23.1. The molecule has 0 bridgehead atoms. The molecule has 2 atom stereocenters. The van der Waals surface area contributed by atoms with E-state index in [1.165, 1.54) is 11.3 Å². The normalized spacial score (nSPS) is 20.7. The third-order valence-electron chi connectivity index (χ3n) is 5.25. The number of carboxylic acid groups (broad SMARTS) is 1. The molecule has 3 rings (SSSR count). The van der Waals surface area contributed by atoms with Gasteiger partial charge in [0.1, 0.15) is 5.76 Å². The minimum atomic E-state index is -0.857. The van der Waals surface area contributed by atoms with Crippen molar-refractivity contribution in [3.05, 3.63) is 28.9 Å². The molecule has 1 amide bonds. The second kappa shape index (κ2) is 8.41. The molecular weight excluding hydrogens is 400 g/mol. The first-order valence-electron chi connectivity index (χ1n) is 10.3. The van der Waals surface area contributed by atoms with Crippen LogP contribution < -0.4 is 5.32 Å². The van der Waals surface area contributed by atoms with E-state index in [1.54, 1.807) is 17.3 Å². The fourth-order valence-corrected chi connectivity index (χ4v) is 4.67. The van der Waals surface area contributed by atoms with Crippen LogP contribution in [0, 0.1) is 5.41 Å². The summed E-state index contributed by atoms with van der Waals surface area (Å²) in [6, 6.07) is -0.0892. The number of piperidine rings is 1. The Labute approximate surface area is 182 Å². The summed E-state index contributed by atoms with van der Waals surface area (Å²) in [5.74, 6) is 1.42. The summed E-state index contributed by atoms with van der Waals surface area (Å²) in [5.41, 5.74) is -0.250. The maximum Gasteiger partial charge on any atom is 0.407 e. The van der Waals surface area contributed by atoms with Crippen LogP contribution in [0.5, 0.6) is 0 Å². The van der Waals surface area contributed by atoms with Crippen LogP contribution in [-0.2, 0) is 5.41 Å². The number of anilines is 1. The number of likely N-dealkylation sites (tertiary alicyclic amines) is 1. The van der Waals surface area contributed by atoms with Crippen molar-refractivity contribution in [2.24, 2.45) is 5.41 Å². The highest BCUT2D eigenvalue weighted by molar-refractivity contribution is 7.16. The lowest BCUT2D eigenvalue weighted by atomic mass is 9.78. The molecule has 7 nitrogen and oxygen atoms in total. The van der Waals surface area contributed by atoms with Gasteiger partial charge >= 0.3 is 6.09 Å². The van der Waals surface area contributed by atoms with Gasteiger partial charge in [0.25, 0.3) is 0 Å². The summed E-state index contributed by atoms with van der Waals surface area (Å²) in [6.45, 7) is 13.1. The van der Waals surface area contributed by atoms with Crippen LogP contribution in [0.15, 0.2) is 16.8 Å². The van der Waals surface area contributed by atoms with Gasteiger partial charge in [-0.2, -0.15) is 0 Å². The fourth-order valence-electron chi connectivity index (χ4n) is 3.89. The van der Waals surface area contributed by atoms with Gasteiger partial charge in [0.2, 0.25) is 5.89 Å². The van der Waals surface area contributed by atoms with Crippen LogP contribution in [0.1, 0.15) is 70.9 Å². The van der Waals surface area contributed by atoms with Crippen molar-refractivity contribution >= 4 is 34.7 Å². The summed E-state index contributed by atoms with van der Waals surface area (Å²) in [6.07, 6.45) is 8.26. The number of aromatic nitrogens is 2. The molecule has 0 aliphatic carbocycles. The first kappa shape index (κ1) is 22.3. The van der Waals surface area contributed by atoms with Crippen molar-refractivity contribution in [2.45, 2.75) is 71.9 Å². The lowest BCUT2D eigenvalue weighted by Crippen LogP contribution is -2.58. The predicted octanol–water partition coefficient (Wildman–Crippen LogP) is 5.57. The zero-order chi connectivity index (χ0) is 22.1. The van der Waals surface area contributed by atoms with E-state index in [0.717, 1.165) is 28.6 Å². The highest BCUT2D eigenvalue weighted by Gasteiger charge is 2.42. The zero-order valence-electron chi connectivity index (χ0n) is 18.6.